The number of hydrogen-bond donors (Lipinski definition) is 0. The molecule has 156 valence electrons. The molecule has 0 amide bonds. The van der Waals surface area contributed by atoms with Crippen LogP contribution in [0.5, 0.6) is 0 Å². The van der Waals surface area contributed by atoms with Crippen LogP contribution in [-0.2, 0) is 0 Å². The van der Waals surface area contributed by atoms with Gasteiger partial charge in [-0.1, -0.05) is 0 Å². The van der Waals surface area contributed by atoms with Crippen molar-refractivity contribution in [1.29, 1.82) is 0 Å². The molecule has 0 fully saturated rings. The van der Waals surface area contributed by atoms with Crippen LogP contribution < -0.4 is 22.5 Å². The summed E-state index contributed by atoms with van der Waals surface area (Å²) in [6.07, 6.45) is 0. The van der Waals surface area contributed by atoms with Gasteiger partial charge in [0.2, 0.25) is 0 Å². The van der Waals surface area contributed by atoms with Gasteiger partial charge < -0.3 is 17.7 Å². The van der Waals surface area contributed by atoms with Gasteiger partial charge in [-0.15, -0.1) is 0 Å². The molecule has 0 aliphatic rings. The van der Waals surface area contributed by atoms with E-state index >= 15 is 0 Å². The van der Waals surface area contributed by atoms with Crippen LogP contribution in [0.3, 0.4) is 0 Å². The minimum Gasteiger partial charge on any atom is -0.423 e. The minimum atomic E-state index is -0.426. The maximum Gasteiger partial charge on any atom is 0.336 e. The van der Waals surface area contributed by atoms with Crippen molar-refractivity contribution < 1.29 is 17.7 Å². The van der Waals surface area contributed by atoms with Gasteiger partial charge in [0.15, 0.2) is 0 Å². The fourth-order valence-electron chi connectivity index (χ4n) is 3.31. The quantitative estimate of drug-likeness (QED) is 0.203. The lowest BCUT2D eigenvalue weighted by molar-refractivity contribution is 0.549. The van der Waals surface area contributed by atoms with Crippen molar-refractivity contribution in [3.63, 3.8) is 0 Å². The Balaban J connectivity index is 0.000000135. The highest BCUT2D eigenvalue weighted by molar-refractivity contribution is 6.01. The first-order valence-corrected chi connectivity index (χ1v) is 9.41. The van der Waals surface area contributed by atoms with E-state index in [4.69, 9.17) is 17.7 Å². The number of benzene rings is 2. The predicted octanol–water partition coefficient (Wildman–Crippen LogP) is 3.80. The lowest BCUT2D eigenvalue weighted by Gasteiger charge is -1.99. The zero-order chi connectivity index (χ0) is 22.2. The Hall–Kier alpha value is -4.72. The Kier molecular flexibility index (Phi) is 4.52. The number of rotatable bonds is 0. The molecule has 6 aromatic rings. The largest absolute Gasteiger partial charge is 0.423 e. The maximum atomic E-state index is 11.1. The zero-order valence-corrected chi connectivity index (χ0v) is 16.2. The lowest BCUT2D eigenvalue weighted by atomic mass is 10.1. The Morgan fingerprint density at radius 1 is 0.406 bits per heavy atom. The highest BCUT2D eigenvalue weighted by Gasteiger charge is 2.05. The molecule has 0 spiro atoms. The first-order valence-electron chi connectivity index (χ1n) is 9.41. The smallest absolute Gasteiger partial charge is 0.336 e. The van der Waals surface area contributed by atoms with Crippen LogP contribution >= 0.6 is 0 Å². The minimum absolute atomic E-state index is 0.411. The summed E-state index contributed by atoms with van der Waals surface area (Å²) in [5.74, 6) is 0. The summed E-state index contributed by atoms with van der Waals surface area (Å²) in [7, 11) is 0. The van der Waals surface area contributed by atoms with Crippen molar-refractivity contribution in [3.8, 4) is 0 Å². The van der Waals surface area contributed by atoms with Gasteiger partial charge in [0.05, 0.1) is 5.39 Å². The molecule has 4 heterocycles. The predicted molar refractivity (Wildman–Crippen MR) is 117 cm³/mol. The fraction of sp³-hybridized carbons (Fsp3) is 0. The third-order valence-electron chi connectivity index (χ3n) is 4.75. The van der Waals surface area contributed by atoms with Crippen LogP contribution in [0.1, 0.15) is 0 Å². The molecule has 0 aliphatic carbocycles. The second-order valence-electron chi connectivity index (χ2n) is 6.84. The number of fused-ring (bicyclic) bond motifs is 5. The van der Waals surface area contributed by atoms with Crippen LogP contribution in [0.2, 0.25) is 0 Å². The van der Waals surface area contributed by atoms with E-state index in [0.717, 1.165) is 16.2 Å². The van der Waals surface area contributed by atoms with Gasteiger partial charge in [0, 0.05) is 46.5 Å². The molecular formula is C24H12O8. The second kappa shape index (κ2) is 7.51. The second-order valence-corrected chi connectivity index (χ2v) is 6.84. The topological polar surface area (TPSA) is 121 Å². The van der Waals surface area contributed by atoms with Crippen molar-refractivity contribution in [3.05, 3.63) is 114 Å². The third kappa shape index (κ3) is 3.61. The molecule has 0 radical (unpaired) electrons. The number of hydrogen-bond acceptors (Lipinski definition) is 8. The molecule has 0 bridgehead atoms. The van der Waals surface area contributed by atoms with Gasteiger partial charge in [-0.3, -0.25) is 0 Å². The third-order valence-corrected chi connectivity index (χ3v) is 4.75. The maximum absolute atomic E-state index is 11.1. The monoisotopic (exact) mass is 428 g/mol. The van der Waals surface area contributed by atoms with Gasteiger partial charge in [0.1, 0.15) is 22.3 Å². The molecule has 2 aromatic carbocycles. The lowest BCUT2D eigenvalue weighted by Crippen LogP contribution is -1.97. The standard InChI is InChI=1S/2C12H6O4/c13-10-6-3-8-9(15-10)4-1-7-2-5-11(14)16-12(7)8;13-11-3-1-7-5-8-2-4-12(14)16-10(8)6-9(7)15-11/h2*1-6H. The van der Waals surface area contributed by atoms with Gasteiger partial charge in [-0.25, -0.2) is 19.2 Å². The SMILES string of the molecule is O=c1ccc2c(ccc3ccc(=O)oc32)o1.O=c1ccc2cc3ccc(=O)oc3cc2o1. The van der Waals surface area contributed by atoms with E-state index in [0.29, 0.717) is 27.7 Å². The van der Waals surface area contributed by atoms with E-state index in [2.05, 4.69) is 0 Å². The van der Waals surface area contributed by atoms with E-state index in [1.165, 1.54) is 24.3 Å². The average molecular weight is 428 g/mol. The molecule has 0 N–H and O–H groups in total. The zero-order valence-electron chi connectivity index (χ0n) is 16.2. The Morgan fingerprint density at radius 3 is 1.50 bits per heavy atom. The highest BCUT2D eigenvalue weighted by Crippen LogP contribution is 2.22. The summed E-state index contributed by atoms with van der Waals surface area (Å²) < 4.78 is 20.1. The van der Waals surface area contributed by atoms with E-state index < -0.39 is 22.5 Å². The van der Waals surface area contributed by atoms with E-state index in [-0.39, 0.29) is 0 Å². The first kappa shape index (κ1) is 19.3. The average Bonchev–Trinajstić information content (AvgIpc) is 2.77. The molecular weight excluding hydrogens is 416 g/mol. The molecule has 0 unspecified atom stereocenters. The van der Waals surface area contributed by atoms with Gasteiger partial charge in [-0.05, 0) is 42.5 Å². The molecule has 32 heavy (non-hydrogen) atoms. The van der Waals surface area contributed by atoms with Crippen molar-refractivity contribution in [2.75, 3.05) is 0 Å². The van der Waals surface area contributed by atoms with Crippen LogP contribution in [0.4, 0.5) is 0 Å². The Morgan fingerprint density at radius 2 is 0.875 bits per heavy atom. The van der Waals surface area contributed by atoms with E-state index in [1.54, 1.807) is 48.5 Å². The summed E-state index contributed by atoms with van der Waals surface area (Å²) in [5, 5.41) is 3.00. The van der Waals surface area contributed by atoms with Crippen molar-refractivity contribution in [2.24, 2.45) is 0 Å². The fourth-order valence-corrected chi connectivity index (χ4v) is 3.31. The summed E-state index contributed by atoms with van der Waals surface area (Å²) in [6, 6.07) is 18.7. The summed E-state index contributed by atoms with van der Waals surface area (Å²) in [5.41, 5.74) is -0.0293. The normalized spacial score (nSPS) is 11.0. The first-order chi connectivity index (χ1) is 15.5. The molecule has 0 saturated heterocycles. The van der Waals surface area contributed by atoms with E-state index in [9.17, 15) is 19.2 Å². The van der Waals surface area contributed by atoms with E-state index in [1.807, 2.05) is 0 Å². The van der Waals surface area contributed by atoms with Gasteiger partial charge >= 0.3 is 22.5 Å². The molecule has 4 aromatic heterocycles. The van der Waals surface area contributed by atoms with Crippen LogP contribution in [-0.4, -0.2) is 0 Å². The molecule has 0 saturated carbocycles. The molecule has 0 aliphatic heterocycles. The molecule has 6 rings (SSSR count). The van der Waals surface area contributed by atoms with Gasteiger partial charge in [-0.2, -0.15) is 0 Å². The Bertz CT molecular complexity index is 1780. The van der Waals surface area contributed by atoms with Crippen LogP contribution in [0, 0.1) is 0 Å². The van der Waals surface area contributed by atoms with Crippen LogP contribution in [0.25, 0.3) is 43.9 Å². The van der Waals surface area contributed by atoms with Crippen molar-refractivity contribution in [2.45, 2.75) is 0 Å². The Labute approximate surface area is 176 Å². The van der Waals surface area contributed by atoms with Crippen molar-refractivity contribution >= 4 is 43.9 Å². The summed E-state index contributed by atoms with van der Waals surface area (Å²) in [4.78, 5) is 44.2. The van der Waals surface area contributed by atoms with Crippen molar-refractivity contribution in [1.82, 2.24) is 0 Å². The van der Waals surface area contributed by atoms with Gasteiger partial charge in [0.25, 0.3) is 0 Å². The summed E-state index contributed by atoms with van der Waals surface area (Å²) in [6.45, 7) is 0. The molecule has 8 heteroatoms. The molecule has 8 nitrogen and oxygen atoms in total. The summed E-state index contributed by atoms with van der Waals surface area (Å²) >= 11 is 0. The molecule has 0 atom stereocenters. The highest BCUT2D eigenvalue weighted by atomic mass is 16.4. The van der Waals surface area contributed by atoms with Crippen LogP contribution in [0.15, 0.2) is 110 Å².